The highest BCUT2D eigenvalue weighted by Gasteiger charge is 2.31. The van der Waals surface area contributed by atoms with Gasteiger partial charge in [-0.1, -0.05) is 86.4 Å². The summed E-state index contributed by atoms with van der Waals surface area (Å²) < 4.78 is 0. The highest BCUT2D eigenvalue weighted by molar-refractivity contribution is 5.80. The second kappa shape index (κ2) is 6.52. The molecular formula is C22H26. The van der Waals surface area contributed by atoms with E-state index < -0.39 is 0 Å². The lowest BCUT2D eigenvalue weighted by Gasteiger charge is -2.18. The summed E-state index contributed by atoms with van der Waals surface area (Å²) in [5.74, 6) is 0.470. The molecule has 1 aliphatic rings. The number of fused-ring (bicyclic) bond motifs is 1. The van der Waals surface area contributed by atoms with Gasteiger partial charge in [-0.2, -0.15) is 0 Å². The molecular weight excluding hydrogens is 264 g/mol. The van der Waals surface area contributed by atoms with Crippen molar-refractivity contribution in [1.29, 1.82) is 0 Å². The van der Waals surface area contributed by atoms with Crippen molar-refractivity contribution in [3.05, 3.63) is 76.4 Å². The minimum absolute atomic E-state index is 0.470. The van der Waals surface area contributed by atoms with E-state index in [0.717, 1.165) is 0 Å². The SMILES string of the molecule is CCCC1=C(CCC)C(c2ccccc2)c2cc(C)ccc21. The lowest BCUT2D eigenvalue weighted by Crippen LogP contribution is -2.01. The predicted octanol–water partition coefficient (Wildman–Crippen LogP) is 6.49. The first-order chi connectivity index (χ1) is 10.8. The van der Waals surface area contributed by atoms with Gasteiger partial charge in [-0.25, -0.2) is 0 Å². The molecule has 0 nitrogen and oxygen atoms in total. The van der Waals surface area contributed by atoms with Gasteiger partial charge in [0.2, 0.25) is 0 Å². The summed E-state index contributed by atoms with van der Waals surface area (Å²) in [6.45, 7) is 6.80. The van der Waals surface area contributed by atoms with Crippen LogP contribution in [-0.4, -0.2) is 0 Å². The first-order valence-electron chi connectivity index (χ1n) is 8.64. The van der Waals surface area contributed by atoms with Gasteiger partial charge in [0.25, 0.3) is 0 Å². The minimum Gasteiger partial charge on any atom is -0.0651 e. The van der Waals surface area contributed by atoms with E-state index >= 15 is 0 Å². The third-order valence-corrected chi connectivity index (χ3v) is 4.73. The van der Waals surface area contributed by atoms with Gasteiger partial charge in [0, 0.05) is 5.92 Å². The van der Waals surface area contributed by atoms with Crippen molar-refractivity contribution in [3.63, 3.8) is 0 Å². The van der Waals surface area contributed by atoms with Gasteiger partial charge in [0.1, 0.15) is 0 Å². The molecule has 0 aromatic heterocycles. The van der Waals surface area contributed by atoms with Crippen molar-refractivity contribution in [1.82, 2.24) is 0 Å². The zero-order chi connectivity index (χ0) is 15.5. The van der Waals surface area contributed by atoms with Crippen molar-refractivity contribution >= 4 is 5.57 Å². The summed E-state index contributed by atoms with van der Waals surface area (Å²) in [7, 11) is 0. The Labute approximate surface area is 134 Å². The quantitative estimate of drug-likeness (QED) is 0.590. The molecule has 0 saturated carbocycles. The monoisotopic (exact) mass is 290 g/mol. The number of allylic oxidation sites excluding steroid dienone is 2. The van der Waals surface area contributed by atoms with Crippen LogP contribution in [0.15, 0.2) is 54.1 Å². The average Bonchev–Trinajstić information content (AvgIpc) is 2.82. The fraction of sp³-hybridized carbons (Fsp3) is 0.364. The number of aryl methyl sites for hydroxylation is 1. The Balaban J connectivity index is 2.19. The molecule has 114 valence electrons. The van der Waals surface area contributed by atoms with E-state index in [2.05, 4.69) is 69.3 Å². The molecule has 1 atom stereocenters. The summed E-state index contributed by atoms with van der Waals surface area (Å²) in [6.07, 6.45) is 4.85. The van der Waals surface area contributed by atoms with Crippen LogP contribution >= 0.6 is 0 Å². The van der Waals surface area contributed by atoms with Crippen molar-refractivity contribution in [3.8, 4) is 0 Å². The highest BCUT2D eigenvalue weighted by Crippen LogP contribution is 2.49. The Hall–Kier alpha value is -1.82. The van der Waals surface area contributed by atoms with Gasteiger partial charge >= 0.3 is 0 Å². The average molecular weight is 290 g/mol. The summed E-state index contributed by atoms with van der Waals surface area (Å²) in [5, 5.41) is 0. The Morgan fingerprint density at radius 1 is 0.864 bits per heavy atom. The van der Waals surface area contributed by atoms with E-state index in [0.29, 0.717) is 5.92 Å². The maximum atomic E-state index is 2.41. The molecule has 22 heavy (non-hydrogen) atoms. The van der Waals surface area contributed by atoms with Crippen LogP contribution < -0.4 is 0 Å². The fourth-order valence-corrected chi connectivity index (χ4v) is 3.87. The van der Waals surface area contributed by atoms with E-state index in [1.54, 1.807) is 11.1 Å². The first-order valence-corrected chi connectivity index (χ1v) is 8.64. The van der Waals surface area contributed by atoms with Crippen LogP contribution in [0.2, 0.25) is 0 Å². The van der Waals surface area contributed by atoms with E-state index in [-0.39, 0.29) is 0 Å². The zero-order valence-electron chi connectivity index (χ0n) is 14.0. The third-order valence-electron chi connectivity index (χ3n) is 4.73. The molecule has 0 spiro atoms. The molecule has 0 fully saturated rings. The largest absolute Gasteiger partial charge is 0.0651 e. The van der Waals surface area contributed by atoms with Gasteiger partial charge in [-0.15, -0.1) is 0 Å². The minimum atomic E-state index is 0.470. The molecule has 0 heteroatoms. The molecule has 0 heterocycles. The second-order valence-electron chi connectivity index (χ2n) is 6.44. The highest BCUT2D eigenvalue weighted by atomic mass is 14.3. The number of hydrogen-bond donors (Lipinski definition) is 0. The maximum Gasteiger partial charge on any atom is 0.0311 e. The molecule has 3 rings (SSSR count). The van der Waals surface area contributed by atoms with E-state index in [1.165, 1.54) is 47.9 Å². The second-order valence-corrected chi connectivity index (χ2v) is 6.44. The summed E-state index contributed by atoms with van der Waals surface area (Å²) >= 11 is 0. The molecule has 0 bridgehead atoms. The fourth-order valence-electron chi connectivity index (χ4n) is 3.87. The van der Waals surface area contributed by atoms with Crippen LogP contribution in [0, 0.1) is 6.92 Å². The van der Waals surface area contributed by atoms with E-state index in [9.17, 15) is 0 Å². The van der Waals surface area contributed by atoms with Gasteiger partial charge in [-0.05, 0) is 42.0 Å². The number of hydrogen-bond acceptors (Lipinski definition) is 0. The summed E-state index contributed by atoms with van der Waals surface area (Å²) in [6, 6.07) is 18.1. The van der Waals surface area contributed by atoms with E-state index in [4.69, 9.17) is 0 Å². The van der Waals surface area contributed by atoms with Crippen molar-refractivity contribution in [2.45, 2.75) is 52.4 Å². The molecule has 1 unspecified atom stereocenters. The molecule has 0 saturated heterocycles. The van der Waals surface area contributed by atoms with Crippen LogP contribution in [0.4, 0.5) is 0 Å². The topological polar surface area (TPSA) is 0 Å². The van der Waals surface area contributed by atoms with Gasteiger partial charge in [-0.3, -0.25) is 0 Å². The Bertz CT molecular complexity index is 676. The molecule has 0 aliphatic heterocycles. The standard InChI is InChI=1S/C22H26/c1-4-9-18-19-14-13-16(3)15-21(19)22(20(18)10-5-2)17-11-7-6-8-12-17/h6-8,11-15,22H,4-5,9-10H2,1-3H3. The van der Waals surface area contributed by atoms with Crippen LogP contribution in [0.5, 0.6) is 0 Å². The Morgan fingerprint density at radius 2 is 1.59 bits per heavy atom. The zero-order valence-corrected chi connectivity index (χ0v) is 14.0. The van der Waals surface area contributed by atoms with Crippen molar-refractivity contribution in [2.24, 2.45) is 0 Å². The predicted molar refractivity (Wildman–Crippen MR) is 96.2 cm³/mol. The van der Waals surface area contributed by atoms with Crippen LogP contribution in [0.25, 0.3) is 5.57 Å². The maximum absolute atomic E-state index is 2.41. The molecule has 0 N–H and O–H groups in total. The van der Waals surface area contributed by atoms with Crippen molar-refractivity contribution < 1.29 is 0 Å². The summed E-state index contributed by atoms with van der Waals surface area (Å²) in [4.78, 5) is 0. The van der Waals surface area contributed by atoms with Gasteiger partial charge < -0.3 is 0 Å². The number of benzene rings is 2. The Morgan fingerprint density at radius 3 is 2.27 bits per heavy atom. The van der Waals surface area contributed by atoms with Gasteiger partial charge in [0.05, 0.1) is 0 Å². The van der Waals surface area contributed by atoms with Crippen molar-refractivity contribution in [2.75, 3.05) is 0 Å². The Kier molecular flexibility index (Phi) is 4.47. The lowest BCUT2D eigenvalue weighted by atomic mass is 9.86. The molecule has 2 aromatic rings. The molecule has 2 aromatic carbocycles. The molecule has 1 aliphatic carbocycles. The molecule has 0 radical (unpaired) electrons. The normalized spacial score (nSPS) is 17.0. The summed E-state index contributed by atoms with van der Waals surface area (Å²) in [5.41, 5.74) is 9.13. The lowest BCUT2D eigenvalue weighted by molar-refractivity contribution is 0.820. The molecule has 0 amide bonds. The first kappa shape index (κ1) is 15.1. The van der Waals surface area contributed by atoms with E-state index in [1.807, 2.05) is 0 Å². The smallest absolute Gasteiger partial charge is 0.0311 e. The van der Waals surface area contributed by atoms with Crippen LogP contribution in [-0.2, 0) is 0 Å². The van der Waals surface area contributed by atoms with Gasteiger partial charge in [0.15, 0.2) is 0 Å². The van der Waals surface area contributed by atoms with Crippen LogP contribution in [0.1, 0.15) is 67.7 Å². The number of rotatable bonds is 5. The third kappa shape index (κ3) is 2.63. The van der Waals surface area contributed by atoms with Crippen LogP contribution in [0.3, 0.4) is 0 Å².